The summed E-state index contributed by atoms with van der Waals surface area (Å²) in [5.41, 5.74) is 0.830. The molecule has 1 N–H and O–H groups in total. The number of aliphatic hydroxyl groups is 1. The van der Waals surface area contributed by atoms with Crippen molar-refractivity contribution >= 4 is 0 Å². The zero-order valence-corrected chi connectivity index (χ0v) is 6.72. The molecule has 66 valence electrons. The van der Waals surface area contributed by atoms with E-state index in [1.165, 1.54) is 18.2 Å². The van der Waals surface area contributed by atoms with Gasteiger partial charge in [0.15, 0.2) is 0 Å². The number of hydrogen-bond acceptors (Lipinski definition) is 1. The van der Waals surface area contributed by atoms with Gasteiger partial charge in [-0.05, 0) is 24.1 Å². The monoisotopic (exact) mass is 172 g/mol. The Balaban J connectivity index is 2.96. The molecule has 1 atom stereocenters. The van der Waals surface area contributed by atoms with Gasteiger partial charge >= 0.3 is 0 Å². The fraction of sp³-hybridized carbons (Fsp3) is 0.333. The summed E-state index contributed by atoms with van der Waals surface area (Å²) in [6, 6.07) is 4.05. The summed E-state index contributed by atoms with van der Waals surface area (Å²) in [7, 11) is 0. The number of benzene rings is 1. The summed E-state index contributed by atoms with van der Waals surface area (Å²) in [4.78, 5) is 0. The maximum Gasteiger partial charge on any atom is 0.126 e. The molecule has 3 heteroatoms. The van der Waals surface area contributed by atoms with Crippen molar-refractivity contribution in [1.82, 2.24) is 0 Å². The van der Waals surface area contributed by atoms with E-state index in [1.807, 2.05) is 0 Å². The molecule has 1 aromatic carbocycles. The van der Waals surface area contributed by atoms with Crippen LogP contribution in [-0.4, -0.2) is 11.8 Å². The summed E-state index contributed by atoms with van der Waals surface area (Å²) < 4.78 is 24.7. The molecule has 0 heterocycles. The van der Waals surface area contributed by atoms with E-state index >= 15 is 0 Å². The van der Waals surface area contributed by atoms with E-state index in [1.54, 1.807) is 6.92 Å². The molecule has 0 fully saturated rings. The first-order valence-corrected chi connectivity index (χ1v) is 3.65. The lowest BCUT2D eigenvalue weighted by atomic mass is 10.1. The Morgan fingerprint density at radius 3 is 2.67 bits per heavy atom. The zero-order chi connectivity index (χ0) is 9.14. The topological polar surface area (TPSA) is 20.2 Å². The van der Waals surface area contributed by atoms with Crippen molar-refractivity contribution in [3.8, 4) is 0 Å². The zero-order valence-electron chi connectivity index (χ0n) is 6.72. The Labute approximate surface area is 69.7 Å². The molecule has 1 aromatic rings. The maximum absolute atomic E-state index is 12.7. The first kappa shape index (κ1) is 9.13. The predicted molar refractivity (Wildman–Crippen MR) is 42.1 cm³/mol. The van der Waals surface area contributed by atoms with E-state index in [2.05, 4.69) is 0 Å². The highest BCUT2D eigenvalue weighted by Gasteiger charge is 2.07. The Bertz CT molecular complexity index is 273. The molecule has 0 amide bonds. The summed E-state index contributed by atoms with van der Waals surface area (Å²) in [6.45, 7) is 0.731. The molecule has 12 heavy (non-hydrogen) atoms. The van der Waals surface area contributed by atoms with Crippen LogP contribution in [0.15, 0.2) is 18.2 Å². The van der Waals surface area contributed by atoms with E-state index in [0.29, 0.717) is 11.1 Å². The Morgan fingerprint density at radius 1 is 1.50 bits per heavy atom. The van der Waals surface area contributed by atoms with Crippen molar-refractivity contribution in [2.75, 3.05) is 6.67 Å². The largest absolute Gasteiger partial charge is 0.386 e. The number of aryl methyl sites for hydroxylation is 1. The average molecular weight is 172 g/mol. The molecular formula is C9H10F2O. The van der Waals surface area contributed by atoms with Crippen LogP contribution < -0.4 is 0 Å². The average Bonchev–Trinajstić information content (AvgIpc) is 2.08. The van der Waals surface area contributed by atoms with Crippen molar-refractivity contribution in [1.29, 1.82) is 0 Å². The molecule has 0 radical (unpaired) electrons. The van der Waals surface area contributed by atoms with Crippen LogP contribution in [-0.2, 0) is 0 Å². The minimum absolute atomic E-state index is 0.343. The van der Waals surface area contributed by atoms with Gasteiger partial charge in [-0.15, -0.1) is 0 Å². The molecule has 0 bridgehead atoms. The van der Waals surface area contributed by atoms with Crippen molar-refractivity contribution in [2.24, 2.45) is 0 Å². The van der Waals surface area contributed by atoms with Crippen LogP contribution in [0.25, 0.3) is 0 Å². The van der Waals surface area contributed by atoms with Gasteiger partial charge in [0.05, 0.1) is 0 Å². The minimum Gasteiger partial charge on any atom is -0.386 e. The lowest BCUT2D eigenvalue weighted by Gasteiger charge is -2.06. The quantitative estimate of drug-likeness (QED) is 0.724. The van der Waals surface area contributed by atoms with Crippen LogP contribution in [0.4, 0.5) is 8.78 Å². The summed E-state index contributed by atoms with van der Waals surface area (Å²) in [5.74, 6) is -0.343. The number of halogens is 2. The molecule has 0 spiro atoms. The van der Waals surface area contributed by atoms with E-state index in [0.717, 1.165) is 0 Å². The third kappa shape index (κ3) is 1.80. The predicted octanol–water partition coefficient (Wildman–Crippen LogP) is 2.14. The van der Waals surface area contributed by atoms with Crippen LogP contribution in [0, 0.1) is 12.7 Å². The second-order valence-corrected chi connectivity index (χ2v) is 2.68. The van der Waals surface area contributed by atoms with Gasteiger partial charge in [0.25, 0.3) is 0 Å². The number of rotatable bonds is 2. The number of hydrogen-bond donors (Lipinski definition) is 1. The Morgan fingerprint density at radius 2 is 2.17 bits per heavy atom. The first-order valence-electron chi connectivity index (χ1n) is 3.65. The smallest absolute Gasteiger partial charge is 0.126 e. The molecular weight excluding hydrogens is 162 g/mol. The molecule has 0 aliphatic carbocycles. The third-order valence-corrected chi connectivity index (χ3v) is 1.71. The lowest BCUT2D eigenvalue weighted by molar-refractivity contribution is 0.141. The standard InChI is InChI=1S/C9H10F2O/c1-6-4-7(9(12)5-10)2-3-8(6)11/h2-4,9,12H,5H2,1H3. The second-order valence-electron chi connectivity index (χ2n) is 2.68. The fourth-order valence-corrected chi connectivity index (χ4v) is 0.964. The highest BCUT2D eigenvalue weighted by Crippen LogP contribution is 2.16. The summed E-state index contributed by atoms with van der Waals surface area (Å²) in [5, 5.41) is 9.05. The van der Waals surface area contributed by atoms with Crippen molar-refractivity contribution < 1.29 is 13.9 Å². The van der Waals surface area contributed by atoms with Gasteiger partial charge in [0.1, 0.15) is 18.6 Å². The lowest BCUT2D eigenvalue weighted by Crippen LogP contribution is -1.99. The molecule has 0 aliphatic rings. The maximum atomic E-state index is 12.7. The highest BCUT2D eigenvalue weighted by atomic mass is 19.1. The van der Waals surface area contributed by atoms with Gasteiger partial charge in [-0.2, -0.15) is 0 Å². The third-order valence-electron chi connectivity index (χ3n) is 1.71. The van der Waals surface area contributed by atoms with E-state index < -0.39 is 12.8 Å². The van der Waals surface area contributed by atoms with Crippen LogP contribution in [0.5, 0.6) is 0 Å². The van der Waals surface area contributed by atoms with Gasteiger partial charge in [-0.25, -0.2) is 8.78 Å². The van der Waals surface area contributed by atoms with Gasteiger partial charge in [-0.3, -0.25) is 0 Å². The van der Waals surface area contributed by atoms with Crippen molar-refractivity contribution in [3.63, 3.8) is 0 Å². The molecule has 0 aliphatic heterocycles. The Kier molecular flexibility index (Phi) is 2.76. The Hall–Kier alpha value is -0.960. The van der Waals surface area contributed by atoms with Gasteiger partial charge in [0.2, 0.25) is 0 Å². The second kappa shape index (κ2) is 3.63. The normalized spacial score (nSPS) is 13.0. The van der Waals surface area contributed by atoms with Crippen LogP contribution in [0.2, 0.25) is 0 Å². The van der Waals surface area contributed by atoms with Crippen LogP contribution >= 0.6 is 0 Å². The van der Waals surface area contributed by atoms with E-state index in [9.17, 15) is 8.78 Å². The van der Waals surface area contributed by atoms with Crippen molar-refractivity contribution in [2.45, 2.75) is 13.0 Å². The molecule has 1 rings (SSSR count). The van der Waals surface area contributed by atoms with E-state index in [4.69, 9.17) is 5.11 Å². The molecule has 0 saturated heterocycles. The fourth-order valence-electron chi connectivity index (χ4n) is 0.964. The first-order chi connectivity index (χ1) is 5.65. The van der Waals surface area contributed by atoms with Gasteiger partial charge in [0, 0.05) is 0 Å². The molecule has 1 nitrogen and oxygen atoms in total. The van der Waals surface area contributed by atoms with Crippen molar-refractivity contribution in [3.05, 3.63) is 35.1 Å². The number of aliphatic hydroxyl groups excluding tert-OH is 1. The molecule has 0 saturated carbocycles. The van der Waals surface area contributed by atoms with Crippen LogP contribution in [0.1, 0.15) is 17.2 Å². The highest BCUT2D eigenvalue weighted by molar-refractivity contribution is 5.25. The SMILES string of the molecule is Cc1cc(C(O)CF)ccc1F. The summed E-state index contributed by atoms with van der Waals surface area (Å²) >= 11 is 0. The van der Waals surface area contributed by atoms with Gasteiger partial charge < -0.3 is 5.11 Å². The minimum atomic E-state index is -1.13. The number of alkyl halides is 1. The van der Waals surface area contributed by atoms with E-state index in [-0.39, 0.29) is 5.82 Å². The molecule has 1 unspecified atom stereocenters. The van der Waals surface area contributed by atoms with Gasteiger partial charge in [-0.1, -0.05) is 12.1 Å². The van der Waals surface area contributed by atoms with Crippen LogP contribution in [0.3, 0.4) is 0 Å². The summed E-state index contributed by atoms with van der Waals surface area (Å²) in [6.07, 6.45) is -1.13. The molecule has 0 aromatic heterocycles.